The number of aliphatic hydroxyl groups is 1. The zero-order valence-corrected chi connectivity index (χ0v) is 11.2. The molecule has 0 amide bonds. The molecule has 0 aliphatic carbocycles. The third kappa shape index (κ3) is 3.89. The molecule has 0 radical (unpaired) electrons. The molecule has 0 aliphatic rings. The zero-order valence-electron chi connectivity index (χ0n) is 10.5. The number of carbonyl (C=O) groups is 1. The number of ether oxygens (including phenoxy) is 2. The van der Waals surface area contributed by atoms with Crippen LogP contribution >= 0.6 is 11.6 Å². The van der Waals surface area contributed by atoms with Gasteiger partial charge in [-0.25, -0.2) is 4.79 Å². The van der Waals surface area contributed by atoms with Crippen LogP contribution in [0, 0.1) is 0 Å². The van der Waals surface area contributed by atoms with Gasteiger partial charge in [-0.2, -0.15) is 0 Å². The number of esters is 1. The third-order valence-electron chi connectivity index (χ3n) is 2.38. The first-order chi connectivity index (χ1) is 8.62. The van der Waals surface area contributed by atoms with Gasteiger partial charge in [0.05, 0.1) is 13.2 Å². The number of benzene rings is 1. The quantitative estimate of drug-likeness (QED) is 0.809. The van der Waals surface area contributed by atoms with Gasteiger partial charge in [0.2, 0.25) is 0 Å². The van der Waals surface area contributed by atoms with Crippen LogP contribution in [0.1, 0.15) is 25.8 Å². The summed E-state index contributed by atoms with van der Waals surface area (Å²) in [5, 5.41) is 9.73. The van der Waals surface area contributed by atoms with E-state index in [1.807, 2.05) is 6.92 Å². The fourth-order valence-corrected chi connectivity index (χ4v) is 1.67. The molecule has 4 nitrogen and oxygen atoms in total. The highest BCUT2D eigenvalue weighted by atomic mass is 35.5. The molecule has 1 N–H and O–H groups in total. The highest BCUT2D eigenvalue weighted by molar-refractivity contribution is 6.30. The van der Waals surface area contributed by atoms with Crippen molar-refractivity contribution < 1.29 is 19.4 Å². The lowest BCUT2D eigenvalue weighted by molar-refractivity contribution is -0.151. The first-order valence-electron chi connectivity index (χ1n) is 5.84. The molecule has 0 spiro atoms. The van der Waals surface area contributed by atoms with Gasteiger partial charge in [0.25, 0.3) is 0 Å². The van der Waals surface area contributed by atoms with Crippen LogP contribution in [0.25, 0.3) is 0 Å². The van der Waals surface area contributed by atoms with Gasteiger partial charge < -0.3 is 14.6 Å². The Bertz CT molecular complexity index is 406. The van der Waals surface area contributed by atoms with Crippen molar-refractivity contribution in [3.63, 3.8) is 0 Å². The standard InChI is InChI=1S/C13H17ClO4/c1-3-11(13(16)17-4-2)18-12-6-5-10(14)7-9(12)8-15/h5-7,11,15H,3-4,8H2,1-2H3. The van der Waals surface area contributed by atoms with Gasteiger partial charge in [0, 0.05) is 10.6 Å². The fourth-order valence-electron chi connectivity index (χ4n) is 1.47. The van der Waals surface area contributed by atoms with E-state index in [1.54, 1.807) is 25.1 Å². The van der Waals surface area contributed by atoms with Crippen molar-refractivity contribution in [3.05, 3.63) is 28.8 Å². The third-order valence-corrected chi connectivity index (χ3v) is 2.62. The maximum absolute atomic E-state index is 11.6. The predicted molar refractivity (Wildman–Crippen MR) is 68.7 cm³/mol. The molecule has 0 aliphatic heterocycles. The van der Waals surface area contributed by atoms with Crippen molar-refractivity contribution >= 4 is 17.6 Å². The van der Waals surface area contributed by atoms with Gasteiger partial charge in [-0.05, 0) is 31.5 Å². The van der Waals surface area contributed by atoms with Crippen LogP contribution in [-0.4, -0.2) is 23.8 Å². The summed E-state index contributed by atoms with van der Waals surface area (Å²) in [7, 11) is 0. The zero-order chi connectivity index (χ0) is 13.5. The van der Waals surface area contributed by atoms with Crippen molar-refractivity contribution in [1.29, 1.82) is 0 Å². The van der Waals surface area contributed by atoms with Crippen LogP contribution in [0.5, 0.6) is 5.75 Å². The van der Waals surface area contributed by atoms with E-state index in [1.165, 1.54) is 0 Å². The number of rotatable bonds is 6. The minimum atomic E-state index is -0.670. The summed E-state index contributed by atoms with van der Waals surface area (Å²) in [4.78, 5) is 11.6. The Morgan fingerprint density at radius 2 is 2.17 bits per heavy atom. The molecule has 18 heavy (non-hydrogen) atoms. The molecule has 1 unspecified atom stereocenters. The Hall–Kier alpha value is -1.26. The molecule has 0 heterocycles. The molecule has 1 aromatic carbocycles. The lowest BCUT2D eigenvalue weighted by Gasteiger charge is -2.18. The molecule has 0 aromatic heterocycles. The summed E-state index contributed by atoms with van der Waals surface area (Å²) >= 11 is 5.82. The van der Waals surface area contributed by atoms with Gasteiger partial charge in [0.15, 0.2) is 6.10 Å². The highest BCUT2D eigenvalue weighted by Crippen LogP contribution is 2.24. The lowest BCUT2D eigenvalue weighted by Crippen LogP contribution is -2.29. The first-order valence-corrected chi connectivity index (χ1v) is 6.22. The van der Waals surface area contributed by atoms with Crippen LogP contribution in [0.3, 0.4) is 0 Å². The Morgan fingerprint density at radius 1 is 1.44 bits per heavy atom. The Kier molecular flexibility index (Phi) is 5.95. The SMILES string of the molecule is CCOC(=O)C(CC)Oc1ccc(Cl)cc1CO. The Labute approximate surface area is 111 Å². The number of aliphatic hydroxyl groups excluding tert-OH is 1. The van der Waals surface area contributed by atoms with Crippen LogP contribution in [0.2, 0.25) is 5.02 Å². The maximum Gasteiger partial charge on any atom is 0.347 e. The summed E-state index contributed by atoms with van der Waals surface area (Å²) in [5.74, 6) is 0.0423. The Balaban J connectivity index is 2.84. The van der Waals surface area contributed by atoms with E-state index >= 15 is 0 Å². The average molecular weight is 273 g/mol. The van der Waals surface area contributed by atoms with E-state index in [9.17, 15) is 9.90 Å². The topological polar surface area (TPSA) is 55.8 Å². The first kappa shape index (κ1) is 14.8. The molecule has 1 aromatic rings. The van der Waals surface area contributed by atoms with Gasteiger partial charge in [-0.15, -0.1) is 0 Å². The van der Waals surface area contributed by atoms with Crippen LogP contribution < -0.4 is 4.74 Å². The number of hydrogen-bond donors (Lipinski definition) is 1. The lowest BCUT2D eigenvalue weighted by atomic mass is 10.2. The monoisotopic (exact) mass is 272 g/mol. The molecule has 1 rings (SSSR count). The second-order valence-corrected chi connectivity index (χ2v) is 4.11. The molecule has 1 atom stereocenters. The molecular formula is C13H17ClO4. The number of halogens is 1. The van der Waals surface area contributed by atoms with E-state index in [0.29, 0.717) is 29.4 Å². The van der Waals surface area contributed by atoms with Gasteiger partial charge >= 0.3 is 5.97 Å². The minimum absolute atomic E-state index is 0.199. The van der Waals surface area contributed by atoms with Gasteiger partial charge in [-0.3, -0.25) is 0 Å². The number of hydrogen-bond acceptors (Lipinski definition) is 4. The van der Waals surface area contributed by atoms with Crippen molar-refractivity contribution in [3.8, 4) is 5.75 Å². The maximum atomic E-state index is 11.6. The summed E-state index contributed by atoms with van der Waals surface area (Å²) < 4.78 is 10.5. The molecular weight excluding hydrogens is 256 g/mol. The van der Waals surface area contributed by atoms with Crippen LogP contribution in [-0.2, 0) is 16.1 Å². The molecule has 0 saturated heterocycles. The predicted octanol–water partition coefficient (Wildman–Crippen LogP) is 2.55. The number of carbonyl (C=O) groups excluding carboxylic acids is 1. The smallest absolute Gasteiger partial charge is 0.347 e. The molecule has 0 bridgehead atoms. The van der Waals surface area contributed by atoms with Gasteiger partial charge in [0.1, 0.15) is 5.75 Å². The van der Waals surface area contributed by atoms with E-state index in [0.717, 1.165) is 0 Å². The normalized spacial score (nSPS) is 12.0. The largest absolute Gasteiger partial charge is 0.478 e. The van der Waals surface area contributed by atoms with E-state index in [4.69, 9.17) is 21.1 Å². The van der Waals surface area contributed by atoms with Crippen LogP contribution in [0.4, 0.5) is 0 Å². The second-order valence-electron chi connectivity index (χ2n) is 3.68. The van der Waals surface area contributed by atoms with E-state index < -0.39 is 12.1 Å². The van der Waals surface area contributed by atoms with Crippen molar-refractivity contribution in [2.45, 2.75) is 33.0 Å². The van der Waals surface area contributed by atoms with Crippen LogP contribution in [0.15, 0.2) is 18.2 Å². The minimum Gasteiger partial charge on any atom is -0.478 e. The average Bonchev–Trinajstić information content (AvgIpc) is 2.37. The second kappa shape index (κ2) is 7.24. The van der Waals surface area contributed by atoms with Crippen molar-refractivity contribution in [1.82, 2.24) is 0 Å². The van der Waals surface area contributed by atoms with E-state index in [-0.39, 0.29) is 6.61 Å². The fraction of sp³-hybridized carbons (Fsp3) is 0.462. The van der Waals surface area contributed by atoms with E-state index in [2.05, 4.69) is 0 Å². The molecule has 0 saturated carbocycles. The van der Waals surface area contributed by atoms with Gasteiger partial charge in [-0.1, -0.05) is 18.5 Å². The Morgan fingerprint density at radius 3 is 2.72 bits per heavy atom. The van der Waals surface area contributed by atoms with Crippen molar-refractivity contribution in [2.24, 2.45) is 0 Å². The summed E-state index contributed by atoms with van der Waals surface area (Å²) in [6.45, 7) is 3.68. The summed E-state index contributed by atoms with van der Waals surface area (Å²) in [6, 6.07) is 4.89. The molecule has 0 fully saturated rings. The summed E-state index contributed by atoms with van der Waals surface area (Å²) in [5.41, 5.74) is 0.547. The summed E-state index contributed by atoms with van der Waals surface area (Å²) in [6.07, 6.45) is -0.178. The van der Waals surface area contributed by atoms with Crippen molar-refractivity contribution in [2.75, 3.05) is 6.61 Å². The molecule has 5 heteroatoms. The molecule has 100 valence electrons. The highest BCUT2D eigenvalue weighted by Gasteiger charge is 2.20.